The van der Waals surface area contributed by atoms with Gasteiger partial charge in [0.2, 0.25) is 0 Å². The van der Waals surface area contributed by atoms with E-state index in [4.69, 9.17) is 11.6 Å². The number of piperidine rings is 1. The molecule has 2 heterocycles. The van der Waals surface area contributed by atoms with Gasteiger partial charge < -0.3 is 10.2 Å². The number of urea groups is 1. The molecule has 5 heteroatoms. The molecule has 0 saturated carbocycles. The molecular weight excluding hydrogens is 358 g/mol. The molecule has 0 unspecified atom stereocenters. The molecule has 0 aliphatic carbocycles. The van der Waals surface area contributed by atoms with Gasteiger partial charge in [-0.1, -0.05) is 48.0 Å². The lowest BCUT2D eigenvalue weighted by molar-refractivity contribution is 0.0534. The zero-order valence-electron chi connectivity index (χ0n) is 15.5. The van der Waals surface area contributed by atoms with E-state index in [0.717, 1.165) is 56.2 Å². The summed E-state index contributed by atoms with van der Waals surface area (Å²) in [6.45, 7) is 3.53. The van der Waals surface area contributed by atoms with Crippen LogP contribution in [0.2, 0.25) is 5.02 Å². The number of anilines is 1. The Hall–Kier alpha value is -2.04. The van der Waals surface area contributed by atoms with Crippen LogP contribution in [0.5, 0.6) is 0 Å². The number of hydrogen-bond acceptors (Lipinski definition) is 2. The molecule has 4 rings (SSSR count). The molecule has 2 aliphatic rings. The lowest BCUT2D eigenvalue weighted by Crippen LogP contribution is -2.57. The lowest BCUT2D eigenvalue weighted by Gasteiger charge is -2.46. The van der Waals surface area contributed by atoms with Crippen LogP contribution in [0.25, 0.3) is 0 Å². The van der Waals surface area contributed by atoms with Gasteiger partial charge >= 0.3 is 6.03 Å². The van der Waals surface area contributed by atoms with E-state index in [2.05, 4.69) is 16.3 Å². The topological polar surface area (TPSA) is 35.6 Å². The second-order valence-corrected chi connectivity index (χ2v) is 8.07. The highest BCUT2D eigenvalue weighted by Gasteiger charge is 2.44. The molecule has 2 aromatic rings. The molecule has 2 aromatic carbocycles. The van der Waals surface area contributed by atoms with Crippen molar-refractivity contribution in [2.45, 2.75) is 37.8 Å². The summed E-state index contributed by atoms with van der Waals surface area (Å²) >= 11 is 6.40. The first-order valence-electron chi connectivity index (χ1n) is 9.76. The highest BCUT2D eigenvalue weighted by atomic mass is 35.5. The molecule has 0 aromatic heterocycles. The molecule has 142 valence electrons. The van der Waals surface area contributed by atoms with E-state index in [1.807, 2.05) is 53.4 Å². The highest BCUT2D eigenvalue weighted by Crippen LogP contribution is 2.39. The van der Waals surface area contributed by atoms with Crippen molar-refractivity contribution in [3.8, 4) is 0 Å². The maximum Gasteiger partial charge on any atom is 0.321 e. The van der Waals surface area contributed by atoms with Crippen LogP contribution in [-0.2, 0) is 6.54 Å². The van der Waals surface area contributed by atoms with E-state index < -0.39 is 0 Å². The number of likely N-dealkylation sites (tertiary alicyclic amines) is 2. The maximum atomic E-state index is 12.8. The summed E-state index contributed by atoms with van der Waals surface area (Å²) in [6.07, 6.45) is 4.51. The van der Waals surface area contributed by atoms with E-state index in [-0.39, 0.29) is 11.6 Å². The fraction of sp³-hybridized carbons (Fsp3) is 0.409. The highest BCUT2D eigenvalue weighted by molar-refractivity contribution is 6.31. The van der Waals surface area contributed by atoms with Crippen LogP contribution < -0.4 is 5.32 Å². The van der Waals surface area contributed by atoms with E-state index >= 15 is 0 Å². The van der Waals surface area contributed by atoms with Crippen LogP contribution in [0.3, 0.4) is 0 Å². The Bertz CT molecular complexity index is 797. The Labute approximate surface area is 166 Å². The first kappa shape index (κ1) is 18.3. The minimum Gasteiger partial charge on any atom is -0.323 e. The summed E-state index contributed by atoms with van der Waals surface area (Å²) in [4.78, 5) is 17.3. The van der Waals surface area contributed by atoms with Gasteiger partial charge in [0.05, 0.1) is 0 Å². The molecule has 1 atom stereocenters. The SMILES string of the molecule is O=C(Nc1ccccc1)N1CCC[C@]2(CCCN2Cc2ccccc2Cl)C1. The first-order valence-corrected chi connectivity index (χ1v) is 10.1. The molecule has 2 amide bonds. The number of nitrogens with zero attached hydrogens (tertiary/aromatic N) is 2. The van der Waals surface area contributed by atoms with Gasteiger partial charge in [-0.25, -0.2) is 4.79 Å². The Morgan fingerprint density at radius 3 is 2.48 bits per heavy atom. The third-order valence-electron chi connectivity index (χ3n) is 5.93. The van der Waals surface area contributed by atoms with Crippen molar-refractivity contribution in [3.63, 3.8) is 0 Å². The number of carbonyl (C=O) groups is 1. The first-order chi connectivity index (χ1) is 13.2. The number of rotatable bonds is 3. The summed E-state index contributed by atoms with van der Waals surface area (Å²) in [7, 11) is 0. The molecule has 4 nitrogen and oxygen atoms in total. The molecule has 1 spiro atoms. The van der Waals surface area contributed by atoms with Crippen molar-refractivity contribution >= 4 is 23.3 Å². The smallest absolute Gasteiger partial charge is 0.321 e. The normalized spacial score (nSPS) is 22.9. The van der Waals surface area contributed by atoms with Gasteiger partial charge in [-0.3, -0.25) is 4.90 Å². The molecule has 1 N–H and O–H groups in total. The van der Waals surface area contributed by atoms with Gasteiger partial charge in [0.25, 0.3) is 0 Å². The van der Waals surface area contributed by atoms with Crippen molar-refractivity contribution < 1.29 is 4.79 Å². The number of nitrogens with one attached hydrogen (secondary N) is 1. The third kappa shape index (κ3) is 3.97. The van der Waals surface area contributed by atoms with Crippen molar-refractivity contribution in [2.24, 2.45) is 0 Å². The predicted octanol–water partition coefficient (Wildman–Crippen LogP) is 5.00. The summed E-state index contributed by atoms with van der Waals surface area (Å²) in [5.74, 6) is 0. The largest absolute Gasteiger partial charge is 0.323 e. The Balaban J connectivity index is 1.47. The number of carbonyl (C=O) groups excluding carboxylic acids is 1. The number of amides is 2. The summed E-state index contributed by atoms with van der Waals surface area (Å²) in [6, 6.07) is 17.8. The van der Waals surface area contributed by atoms with E-state index in [1.54, 1.807) is 0 Å². The number of halogens is 1. The van der Waals surface area contributed by atoms with Crippen LogP contribution in [0.15, 0.2) is 54.6 Å². The molecule has 0 radical (unpaired) electrons. The molecule has 0 bridgehead atoms. The Kier molecular flexibility index (Phi) is 5.37. The van der Waals surface area contributed by atoms with Gasteiger partial charge in [0.15, 0.2) is 0 Å². The zero-order chi connectivity index (χ0) is 18.7. The van der Waals surface area contributed by atoms with Gasteiger partial charge in [0, 0.05) is 35.9 Å². The monoisotopic (exact) mass is 383 g/mol. The third-order valence-corrected chi connectivity index (χ3v) is 6.30. The summed E-state index contributed by atoms with van der Waals surface area (Å²) in [5.41, 5.74) is 2.10. The van der Waals surface area contributed by atoms with Gasteiger partial charge in [-0.15, -0.1) is 0 Å². The minimum atomic E-state index is 0.00451. The fourth-order valence-corrected chi connectivity index (χ4v) is 4.74. The predicted molar refractivity (Wildman–Crippen MR) is 110 cm³/mol. The maximum absolute atomic E-state index is 12.8. The van der Waals surface area contributed by atoms with E-state index in [9.17, 15) is 4.79 Å². The molecular formula is C22H26ClN3O. The van der Waals surface area contributed by atoms with Crippen LogP contribution in [0, 0.1) is 0 Å². The quantitative estimate of drug-likeness (QED) is 0.809. The average Bonchev–Trinajstić information content (AvgIpc) is 3.06. The van der Waals surface area contributed by atoms with Crippen molar-refractivity contribution in [1.82, 2.24) is 9.80 Å². The Morgan fingerprint density at radius 2 is 1.70 bits per heavy atom. The minimum absolute atomic E-state index is 0.00451. The average molecular weight is 384 g/mol. The van der Waals surface area contributed by atoms with Crippen molar-refractivity contribution in [3.05, 3.63) is 65.2 Å². The van der Waals surface area contributed by atoms with Crippen molar-refractivity contribution in [2.75, 3.05) is 25.0 Å². The van der Waals surface area contributed by atoms with E-state index in [0.29, 0.717) is 0 Å². The molecule has 27 heavy (non-hydrogen) atoms. The van der Waals surface area contributed by atoms with E-state index in [1.165, 1.54) is 12.0 Å². The second kappa shape index (κ2) is 7.91. The van der Waals surface area contributed by atoms with Crippen LogP contribution >= 0.6 is 11.6 Å². The van der Waals surface area contributed by atoms with Crippen molar-refractivity contribution in [1.29, 1.82) is 0 Å². The number of para-hydroxylation sites is 1. The van der Waals surface area contributed by atoms with Crippen LogP contribution in [0.1, 0.15) is 31.2 Å². The van der Waals surface area contributed by atoms with Gasteiger partial charge in [-0.2, -0.15) is 0 Å². The molecule has 2 saturated heterocycles. The summed E-state index contributed by atoms with van der Waals surface area (Å²) in [5, 5.41) is 3.87. The van der Waals surface area contributed by atoms with Crippen LogP contribution in [0.4, 0.5) is 10.5 Å². The zero-order valence-corrected chi connectivity index (χ0v) is 16.3. The second-order valence-electron chi connectivity index (χ2n) is 7.66. The van der Waals surface area contributed by atoms with Crippen LogP contribution in [-0.4, -0.2) is 41.0 Å². The molecule has 2 aliphatic heterocycles. The fourth-order valence-electron chi connectivity index (χ4n) is 4.55. The van der Waals surface area contributed by atoms with Gasteiger partial charge in [-0.05, 0) is 56.0 Å². The van der Waals surface area contributed by atoms with Gasteiger partial charge in [0.1, 0.15) is 0 Å². The number of hydrogen-bond donors (Lipinski definition) is 1. The molecule has 2 fully saturated rings. The summed E-state index contributed by atoms with van der Waals surface area (Å²) < 4.78 is 0. The lowest BCUT2D eigenvalue weighted by atomic mass is 9.86. The standard InChI is InChI=1S/C22H26ClN3O/c23-20-11-5-4-8-18(20)16-26-15-7-13-22(26)12-6-14-25(17-22)21(27)24-19-9-2-1-3-10-19/h1-5,8-11H,6-7,12-17H2,(H,24,27)/t22-/m0/s1. The Morgan fingerprint density at radius 1 is 1.00 bits per heavy atom. The number of benzene rings is 2.